The van der Waals surface area contributed by atoms with Crippen LogP contribution in [0.15, 0.2) is 47.5 Å². The standard InChI is InChI=1S/C17H12N2O/c1-2-13-4-3-5-16(11-13)19-12-15-10-14(8-9-18)6-7-17(15)20/h1,3-7,10-12,20H,8H2. The minimum atomic E-state index is 0.128. The van der Waals surface area contributed by atoms with E-state index in [2.05, 4.69) is 17.0 Å². The largest absolute Gasteiger partial charge is 0.507 e. The van der Waals surface area contributed by atoms with Crippen molar-refractivity contribution in [2.75, 3.05) is 0 Å². The molecule has 0 atom stereocenters. The fraction of sp³-hybridized carbons (Fsp3) is 0.0588. The van der Waals surface area contributed by atoms with Gasteiger partial charge in [0, 0.05) is 17.3 Å². The third-order valence-electron chi connectivity index (χ3n) is 2.74. The molecule has 2 aromatic rings. The van der Waals surface area contributed by atoms with Crippen LogP contribution >= 0.6 is 0 Å². The molecule has 96 valence electrons. The van der Waals surface area contributed by atoms with Gasteiger partial charge < -0.3 is 5.11 Å². The van der Waals surface area contributed by atoms with Crippen LogP contribution in [0.4, 0.5) is 5.69 Å². The van der Waals surface area contributed by atoms with Crippen molar-refractivity contribution in [3.8, 4) is 24.2 Å². The van der Waals surface area contributed by atoms with Crippen LogP contribution in [0.3, 0.4) is 0 Å². The molecule has 1 N–H and O–H groups in total. The molecule has 0 aliphatic carbocycles. The van der Waals surface area contributed by atoms with Gasteiger partial charge in [0.1, 0.15) is 5.75 Å². The minimum absolute atomic E-state index is 0.128. The summed E-state index contributed by atoms with van der Waals surface area (Å²) < 4.78 is 0. The Balaban J connectivity index is 2.29. The number of aromatic hydroxyl groups is 1. The molecule has 0 aromatic heterocycles. The highest BCUT2D eigenvalue weighted by Crippen LogP contribution is 2.19. The predicted octanol–water partition coefficient (Wildman–Crippen LogP) is 3.19. The molecule has 20 heavy (non-hydrogen) atoms. The number of phenolic OH excluding ortho intramolecular Hbond substituents is 1. The number of rotatable bonds is 3. The number of hydrogen-bond acceptors (Lipinski definition) is 3. The van der Waals surface area contributed by atoms with E-state index in [0.717, 1.165) is 11.1 Å². The Hall–Kier alpha value is -3.04. The highest BCUT2D eigenvalue weighted by molar-refractivity contribution is 5.85. The van der Waals surface area contributed by atoms with Gasteiger partial charge in [-0.3, -0.25) is 4.99 Å². The number of hydrogen-bond donors (Lipinski definition) is 1. The molecule has 0 aliphatic rings. The number of nitriles is 1. The lowest BCUT2D eigenvalue weighted by atomic mass is 10.1. The average Bonchev–Trinajstić information content (AvgIpc) is 2.48. The van der Waals surface area contributed by atoms with Gasteiger partial charge in [-0.1, -0.05) is 18.1 Å². The van der Waals surface area contributed by atoms with Crippen molar-refractivity contribution >= 4 is 11.9 Å². The molecule has 0 saturated carbocycles. The van der Waals surface area contributed by atoms with Crippen LogP contribution in [-0.2, 0) is 6.42 Å². The topological polar surface area (TPSA) is 56.4 Å². The summed E-state index contributed by atoms with van der Waals surface area (Å²) in [6, 6.07) is 14.4. The second-order valence-electron chi connectivity index (χ2n) is 4.18. The molecular formula is C17H12N2O. The third kappa shape index (κ3) is 3.25. The van der Waals surface area contributed by atoms with Gasteiger partial charge in [-0.2, -0.15) is 5.26 Å². The molecule has 3 nitrogen and oxygen atoms in total. The number of benzene rings is 2. The molecule has 0 amide bonds. The summed E-state index contributed by atoms with van der Waals surface area (Å²) >= 11 is 0. The van der Waals surface area contributed by atoms with E-state index < -0.39 is 0 Å². The average molecular weight is 260 g/mol. The summed E-state index contributed by atoms with van der Waals surface area (Å²) in [7, 11) is 0. The fourth-order valence-corrected chi connectivity index (χ4v) is 1.73. The molecule has 2 aromatic carbocycles. The maximum Gasteiger partial charge on any atom is 0.124 e. The lowest BCUT2D eigenvalue weighted by molar-refractivity contribution is 0.474. The van der Waals surface area contributed by atoms with Crippen molar-refractivity contribution in [3.05, 3.63) is 59.2 Å². The first kappa shape index (κ1) is 13.4. The summed E-state index contributed by atoms with van der Waals surface area (Å²) in [6.45, 7) is 0. The predicted molar refractivity (Wildman–Crippen MR) is 79.1 cm³/mol. The molecule has 0 heterocycles. The Morgan fingerprint density at radius 3 is 2.85 bits per heavy atom. The van der Waals surface area contributed by atoms with E-state index in [4.69, 9.17) is 11.7 Å². The van der Waals surface area contributed by atoms with Crippen LogP contribution in [0.25, 0.3) is 0 Å². The summed E-state index contributed by atoms with van der Waals surface area (Å²) in [6.07, 6.45) is 7.19. The molecule has 0 bridgehead atoms. The van der Waals surface area contributed by atoms with Crippen LogP contribution in [0.5, 0.6) is 5.75 Å². The van der Waals surface area contributed by atoms with Crippen molar-refractivity contribution < 1.29 is 5.11 Å². The zero-order valence-electron chi connectivity index (χ0n) is 10.7. The molecule has 3 heteroatoms. The maximum absolute atomic E-state index is 9.78. The van der Waals surface area contributed by atoms with E-state index >= 15 is 0 Å². The van der Waals surface area contributed by atoms with Crippen LogP contribution in [-0.4, -0.2) is 11.3 Å². The molecule has 0 saturated heterocycles. The monoisotopic (exact) mass is 260 g/mol. The van der Waals surface area contributed by atoms with Gasteiger partial charge in [0.25, 0.3) is 0 Å². The van der Waals surface area contributed by atoms with Crippen LogP contribution in [0, 0.1) is 23.7 Å². The number of terminal acetylenes is 1. The summed E-state index contributed by atoms with van der Waals surface area (Å²) in [4.78, 5) is 4.28. The smallest absolute Gasteiger partial charge is 0.124 e. The quantitative estimate of drug-likeness (QED) is 0.680. The molecular weight excluding hydrogens is 248 g/mol. The highest BCUT2D eigenvalue weighted by Gasteiger charge is 2.00. The first-order chi connectivity index (χ1) is 9.72. The Labute approximate surface area is 117 Å². The van der Waals surface area contributed by atoms with Gasteiger partial charge in [-0.05, 0) is 35.9 Å². The van der Waals surface area contributed by atoms with E-state index in [-0.39, 0.29) is 5.75 Å². The maximum atomic E-state index is 9.78. The molecule has 0 spiro atoms. The Bertz CT molecular complexity index is 733. The number of nitrogens with zero attached hydrogens (tertiary/aromatic N) is 2. The van der Waals surface area contributed by atoms with Crippen LogP contribution in [0.2, 0.25) is 0 Å². The second kappa shape index (κ2) is 6.22. The van der Waals surface area contributed by atoms with Gasteiger partial charge in [-0.25, -0.2) is 0 Å². The first-order valence-electron chi connectivity index (χ1n) is 6.02. The van der Waals surface area contributed by atoms with Crippen molar-refractivity contribution in [2.24, 2.45) is 4.99 Å². The molecule has 0 radical (unpaired) electrons. The van der Waals surface area contributed by atoms with E-state index in [0.29, 0.717) is 17.7 Å². The third-order valence-corrected chi connectivity index (χ3v) is 2.74. The van der Waals surface area contributed by atoms with E-state index in [1.807, 2.05) is 18.2 Å². The van der Waals surface area contributed by atoms with Gasteiger partial charge >= 0.3 is 0 Å². The molecule has 0 aliphatic heterocycles. The fourth-order valence-electron chi connectivity index (χ4n) is 1.73. The van der Waals surface area contributed by atoms with Crippen molar-refractivity contribution in [1.82, 2.24) is 0 Å². The Kier molecular flexibility index (Phi) is 4.17. The minimum Gasteiger partial charge on any atom is -0.507 e. The van der Waals surface area contributed by atoms with Gasteiger partial charge in [0.05, 0.1) is 18.2 Å². The number of phenols is 1. The van der Waals surface area contributed by atoms with Crippen LogP contribution < -0.4 is 0 Å². The normalized spacial score (nSPS) is 10.1. The zero-order chi connectivity index (χ0) is 14.4. The summed E-state index contributed by atoms with van der Waals surface area (Å²) in [5, 5.41) is 18.5. The molecule has 2 rings (SSSR count). The van der Waals surface area contributed by atoms with Crippen molar-refractivity contribution in [2.45, 2.75) is 6.42 Å². The van der Waals surface area contributed by atoms with E-state index in [1.165, 1.54) is 0 Å². The summed E-state index contributed by atoms with van der Waals surface area (Å²) in [5.74, 6) is 2.67. The van der Waals surface area contributed by atoms with E-state index in [9.17, 15) is 5.11 Å². The number of aliphatic imine (C=N–C) groups is 1. The highest BCUT2D eigenvalue weighted by atomic mass is 16.3. The zero-order valence-corrected chi connectivity index (χ0v) is 10.7. The molecule has 0 fully saturated rings. The van der Waals surface area contributed by atoms with Gasteiger partial charge in [0.2, 0.25) is 0 Å². The summed E-state index contributed by atoms with van der Waals surface area (Å²) in [5.41, 5.74) is 2.88. The SMILES string of the molecule is C#Cc1cccc(N=Cc2cc(CC#N)ccc2O)c1. The second-order valence-corrected chi connectivity index (χ2v) is 4.18. The van der Waals surface area contributed by atoms with Crippen molar-refractivity contribution in [1.29, 1.82) is 5.26 Å². The van der Waals surface area contributed by atoms with Gasteiger partial charge in [-0.15, -0.1) is 6.42 Å². The lowest BCUT2D eigenvalue weighted by Crippen LogP contribution is -1.87. The first-order valence-corrected chi connectivity index (χ1v) is 6.02. The van der Waals surface area contributed by atoms with Crippen molar-refractivity contribution in [3.63, 3.8) is 0 Å². The molecule has 0 unspecified atom stereocenters. The van der Waals surface area contributed by atoms with E-state index in [1.54, 1.807) is 30.5 Å². The Morgan fingerprint density at radius 1 is 1.25 bits per heavy atom. The van der Waals surface area contributed by atoms with Crippen LogP contribution in [0.1, 0.15) is 16.7 Å². The van der Waals surface area contributed by atoms with Gasteiger partial charge in [0.15, 0.2) is 0 Å². The lowest BCUT2D eigenvalue weighted by Gasteiger charge is -2.01. The Morgan fingerprint density at radius 2 is 2.10 bits per heavy atom.